The van der Waals surface area contributed by atoms with Crippen LogP contribution in [0.5, 0.6) is 0 Å². The molecule has 1 heterocycles. The number of halogens is 1. The summed E-state index contributed by atoms with van der Waals surface area (Å²) in [4.78, 5) is 14.6. The third-order valence-corrected chi connectivity index (χ3v) is 7.04. The van der Waals surface area contributed by atoms with Gasteiger partial charge >= 0.3 is 0 Å². The van der Waals surface area contributed by atoms with Crippen molar-refractivity contribution < 1.29 is 13.2 Å². The summed E-state index contributed by atoms with van der Waals surface area (Å²) in [5.74, 6) is -0.145. The Morgan fingerprint density at radius 3 is 2.46 bits per heavy atom. The molecule has 1 aliphatic heterocycles. The summed E-state index contributed by atoms with van der Waals surface area (Å²) in [7, 11) is -3.53. The molecule has 0 bridgehead atoms. The largest absolute Gasteiger partial charge is 0.325 e. The average Bonchev–Trinajstić information content (AvgIpc) is 2.64. The topological polar surface area (TPSA) is 69.7 Å². The summed E-state index contributed by atoms with van der Waals surface area (Å²) < 4.78 is 27.5. The van der Waals surface area contributed by atoms with Gasteiger partial charge in [0.1, 0.15) is 0 Å². The molecule has 0 spiro atoms. The van der Waals surface area contributed by atoms with Crippen molar-refractivity contribution >= 4 is 33.2 Å². The summed E-state index contributed by atoms with van der Waals surface area (Å²) in [6.45, 7) is 5.64. The minimum absolute atomic E-state index is 0.145. The molecule has 1 aliphatic rings. The van der Waals surface area contributed by atoms with E-state index in [2.05, 4.69) is 5.32 Å². The van der Waals surface area contributed by atoms with E-state index in [0.717, 1.165) is 11.1 Å². The lowest BCUT2D eigenvalue weighted by Crippen LogP contribution is -2.50. The Labute approximate surface area is 171 Å². The Balaban J connectivity index is 1.58. The SMILES string of the molecule is Cc1ccc(C)c(S(=O)(=O)N2CCN(CC(=O)Nc3cccc(Cl)c3)CC2)c1. The Bertz CT molecular complexity index is 970. The molecule has 2 aromatic carbocycles. The maximum absolute atomic E-state index is 13.0. The van der Waals surface area contributed by atoms with Gasteiger partial charge in [-0.2, -0.15) is 4.31 Å². The first-order valence-electron chi connectivity index (χ1n) is 9.11. The predicted molar refractivity (Wildman–Crippen MR) is 111 cm³/mol. The Kier molecular flexibility index (Phi) is 6.40. The molecule has 0 aliphatic carbocycles. The summed E-state index contributed by atoms with van der Waals surface area (Å²) in [5, 5.41) is 3.37. The Morgan fingerprint density at radius 2 is 1.79 bits per heavy atom. The van der Waals surface area contributed by atoms with Crippen LogP contribution in [0.4, 0.5) is 5.69 Å². The van der Waals surface area contributed by atoms with E-state index in [1.54, 1.807) is 30.3 Å². The van der Waals surface area contributed by atoms with Crippen molar-refractivity contribution in [2.75, 3.05) is 38.0 Å². The number of hydrogen-bond acceptors (Lipinski definition) is 4. The summed E-state index contributed by atoms with van der Waals surface area (Å²) >= 11 is 5.93. The minimum Gasteiger partial charge on any atom is -0.325 e. The molecular formula is C20H24ClN3O3S. The zero-order valence-corrected chi connectivity index (χ0v) is 17.6. The van der Waals surface area contributed by atoms with Gasteiger partial charge in [0.2, 0.25) is 15.9 Å². The van der Waals surface area contributed by atoms with Crippen LogP contribution < -0.4 is 5.32 Å². The van der Waals surface area contributed by atoms with Crippen LogP contribution in [0.2, 0.25) is 5.02 Å². The molecule has 6 nitrogen and oxygen atoms in total. The number of amides is 1. The number of sulfonamides is 1. The molecule has 8 heteroatoms. The van der Waals surface area contributed by atoms with Crippen LogP contribution in [-0.4, -0.2) is 56.3 Å². The number of carbonyl (C=O) groups excluding carboxylic acids is 1. The highest BCUT2D eigenvalue weighted by Crippen LogP contribution is 2.22. The van der Waals surface area contributed by atoms with E-state index in [0.29, 0.717) is 41.8 Å². The van der Waals surface area contributed by atoms with Gasteiger partial charge in [0.15, 0.2) is 0 Å². The van der Waals surface area contributed by atoms with E-state index in [9.17, 15) is 13.2 Å². The van der Waals surface area contributed by atoms with Crippen LogP contribution in [0, 0.1) is 13.8 Å². The van der Waals surface area contributed by atoms with E-state index in [1.807, 2.05) is 30.9 Å². The number of anilines is 1. The van der Waals surface area contributed by atoms with Crippen LogP contribution in [0.25, 0.3) is 0 Å². The molecule has 0 unspecified atom stereocenters. The molecule has 0 saturated carbocycles. The van der Waals surface area contributed by atoms with Gasteiger partial charge in [0.25, 0.3) is 0 Å². The predicted octanol–water partition coefficient (Wildman–Crippen LogP) is 2.90. The van der Waals surface area contributed by atoms with E-state index < -0.39 is 10.0 Å². The maximum Gasteiger partial charge on any atom is 0.243 e. The normalized spacial score (nSPS) is 16.1. The van der Waals surface area contributed by atoms with Crippen LogP contribution in [0.1, 0.15) is 11.1 Å². The lowest BCUT2D eigenvalue weighted by molar-refractivity contribution is -0.117. The quantitative estimate of drug-likeness (QED) is 0.805. The van der Waals surface area contributed by atoms with Crippen molar-refractivity contribution in [3.05, 3.63) is 58.6 Å². The zero-order valence-electron chi connectivity index (χ0n) is 16.0. The lowest BCUT2D eigenvalue weighted by Gasteiger charge is -2.33. The number of nitrogens with zero attached hydrogens (tertiary/aromatic N) is 2. The molecule has 0 atom stereocenters. The minimum atomic E-state index is -3.53. The third-order valence-electron chi connectivity index (χ3n) is 4.77. The second-order valence-corrected chi connectivity index (χ2v) is 9.35. The molecule has 0 aromatic heterocycles. The van der Waals surface area contributed by atoms with Crippen LogP contribution in [0.3, 0.4) is 0 Å². The van der Waals surface area contributed by atoms with Gasteiger partial charge in [-0.05, 0) is 49.2 Å². The highest BCUT2D eigenvalue weighted by Gasteiger charge is 2.30. The highest BCUT2D eigenvalue weighted by molar-refractivity contribution is 7.89. The number of piperazine rings is 1. The van der Waals surface area contributed by atoms with E-state index in [1.165, 1.54) is 4.31 Å². The van der Waals surface area contributed by atoms with E-state index in [4.69, 9.17) is 11.6 Å². The first-order chi connectivity index (χ1) is 13.3. The second kappa shape index (κ2) is 8.61. The van der Waals surface area contributed by atoms with Gasteiger partial charge in [-0.1, -0.05) is 29.8 Å². The van der Waals surface area contributed by atoms with Gasteiger partial charge in [0.05, 0.1) is 11.4 Å². The number of benzene rings is 2. The Hall–Kier alpha value is -1.93. The van der Waals surface area contributed by atoms with Crippen LogP contribution in [-0.2, 0) is 14.8 Å². The van der Waals surface area contributed by atoms with Gasteiger partial charge in [-0.25, -0.2) is 8.42 Å². The Morgan fingerprint density at radius 1 is 1.07 bits per heavy atom. The van der Waals surface area contributed by atoms with Gasteiger partial charge < -0.3 is 5.32 Å². The first kappa shape index (κ1) is 20.8. The molecule has 1 amide bonds. The van der Waals surface area contributed by atoms with E-state index in [-0.39, 0.29) is 12.5 Å². The first-order valence-corrected chi connectivity index (χ1v) is 10.9. The smallest absolute Gasteiger partial charge is 0.243 e. The van der Waals surface area contributed by atoms with Gasteiger partial charge in [-0.15, -0.1) is 0 Å². The van der Waals surface area contributed by atoms with Crippen molar-refractivity contribution in [2.24, 2.45) is 0 Å². The summed E-state index contributed by atoms with van der Waals surface area (Å²) in [6, 6.07) is 12.4. The lowest BCUT2D eigenvalue weighted by atomic mass is 10.2. The summed E-state index contributed by atoms with van der Waals surface area (Å²) in [5.41, 5.74) is 2.31. The van der Waals surface area contributed by atoms with Crippen molar-refractivity contribution in [1.82, 2.24) is 9.21 Å². The van der Waals surface area contributed by atoms with Gasteiger partial charge in [0, 0.05) is 36.9 Å². The van der Waals surface area contributed by atoms with Crippen molar-refractivity contribution in [3.63, 3.8) is 0 Å². The molecule has 28 heavy (non-hydrogen) atoms. The number of aryl methyl sites for hydroxylation is 2. The fraction of sp³-hybridized carbons (Fsp3) is 0.350. The fourth-order valence-electron chi connectivity index (χ4n) is 3.22. The average molecular weight is 422 g/mol. The third kappa shape index (κ3) is 4.91. The molecule has 1 saturated heterocycles. The van der Waals surface area contributed by atoms with E-state index >= 15 is 0 Å². The van der Waals surface area contributed by atoms with Gasteiger partial charge in [-0.3, -0.25) is 9.69 Å². The number of carbonyl (C=O) groups is 1. The molecule has 150 valence electrons. The highest BCUT2D eigenvalue weighted by atomic mass is 35.5. The van der Waals surface area contributed by atoms with Crippen LogP contribution in [0.15, 0.2) is 47.4 Å². The number of hydrogen-bond donors (Lipinski definition) is 1. The van der Waals surface area contributed by atoms with Crippen molar-refractivity contribution in [2.45, 2.75) is 18.7 Å². The molecule has 1 N–H and O–H groups in total. The zero-order chi connectivity index (χ0) is 20.3. The maximum atomic E-state index is 13.0. The summed E-state index contributed by atoms with van der Waals surface area (Å²) in [6.07, 6.45) is 0. The molecule has 1 fully saturated rings. The molecule has 0 radical (unpaired) electrons. The molecule has 2 aromatic rings. The van der Waals surface area contributed by atoms with Crippen LogP contribution >= 0.6 is 11.6 Å². The standard InChI is InChI=1S/C20H24ClN3O3S/c1-15-6-7-16(2)19(12-15)28(26,27)24-10-8-23(9-11-24)14-20(25)22-18-5-3-4-17(21)13-18/h3-7,12-13H,8-11,14H2,1-2H3,(H,22,25). The van der Waals surface area contributed by atoms with Crippen molar-refractivity contribution in [1.29, 1.82) is 0 Å². The second-order valence-electron chi connectivity index (χ2n) is 7.01. The number of rotatable bonds is 5. The van der Waals surface area contributed by atoms with Crippen molar-refractivity contribution in [3.8, 4) is 0 Å². The monoisotopic (exact) mass is 421 g/mol. The molecule has 3 rings (SSSR count). The number of nitrogens with one attached hydrogen (secondary N) is 1. The molecular weight excluding hydrogens is 398 g/mol. The fourth-order valence-corrected chi connectivity index (χ4v) is 5.14.